The lowest BCUT2D eigenvalue weighted by molar-refractivity contribution is -0.140. The van der Waals surface area contributed by atoms with Gasteiger partial charge in [0.25, 0.3) is 0 Å². The highest BCUT2D eigenvalue weighted by Crippen LogP contribution is 2.24. The van der Waals surface area contributed by atoms with Gasteiger partial charge in [0.05, 0.1) is 19.1 Å². The van der Waals surface area contributed by atoms with Gasteiger partial charge in [-0.1, -0.05) is 36.7 Å². The number of ether oxygens (including phenoxy) is 1. The molecule has 0 aliphatic rings. The molecule has 2 amide bonds. The summed E-state index contributed by atoms with van der Waals surface area (Å²) in [5, 5.41) is 3.30. The third kappa shape index (κ3) is 7.36. The van der Waals surface area contributed by atoms with Crippen molar-refractivity contribution in [2.24, 2.45) is 0 Å². The topological polar surface area (TPSA) is 96.0 Å². The highest BCUT2D eigenvalue weighted by Gasteiger charge is 2.32. The number of carbonyl (C=O) groups is 2. The molecule has 2 rings (SSSR count). The molecule has 0 aromatic heterocycles. The van der Waals surface area contributed by atoms with E-state index in [9.17, 15) is 18.0 Å². The van der Waals surface area contributed by atoms with Gasteiger partial charge in [-0.2, -0.15) is 0 Å². The fraction of sp³-hybridized carbons (Fsp3) is 0.417. The van der Waals surface area contributed by atoms with E-state index in [2.05, 4.69) is 5.32 Å². The number of carbonyl (C=O) groups excluding carboxylic acids is 2. The number of hydrogen-bond acceptors (Lipinski definition) is 5. The summed E-state index contributed by atoms with van der Waals surface area (Å²) < 4.78 is 31.3. The second kappa shape index (κ2) is 12.1. The van der Waals surface area contributed by atoms with Crippen LogP contribution in [0.1, 0.15) is 32.8 Å². The number of sulfonamides is 1. The Balaban J connectivity index is 2.44. The number of methoxy groups -OCH3 is 1. The third-order valence-electron chi connectivity index (χ3n) is 5.15. The van der Waals surface area contributed by atoms with Gasteiger partial charge in [0.15, 0.2) is 0 Å². The maximum absolute atomic E-state index is 13.6. The Kier molecular flexibility index (Phi) is 9.76. The summed E-state index contributed by atoms with van der Waals surface area (Å²) in [6.45, 7) is 5.05. The smallest absolute Gasteiger partial charge is 0.244 e. The normalized spacial score (nSPS) is 12.2. The molecule has 0 fully saturated rings. The molecule has 0 saturated carbocycles. The summed E-state index contributed by atoms with van der Waals surface area (Å²) in [6.07, 6.45) is 1.38. The van der Waals surface area contributed by atoms with Crippen molar-refractivity contribution in [3.05, 3.63) is 59.1 Å². The van der Waals surface area contributed by atoms with E-state index in [0.29, 0.717) is 28.4 Å². The van der Waals surface area contributed by atoms with Gasteiger partial charge in [0.1, 0.15) is 18.3 Å². The number of amides is 2. The van der Waals surface area contributed by atoms with Crippen LogP contribution in [0.4, 0.5) is 5.69 Å². The molecule has 0 aliphatic carbocycles. The van der Waals surface area contributed by atoms with Crippen LogP contribution in [0.3, 0.4) is 0 Å². The number of nitrogens with zero attached hydrogens (tertiary/aromatic N) is 2. The molecule has 2 aromatic carbocycles. The molecule has 186 valence electrons. The Hall–Kier alpha value is -2.78. The molecule has 8 nitrogen and oxygen atoms in total. The Morgan fingerprint density at radius 2 is 1.71 bits per heavy atom. The lowest BCUT2D eigenvalue weighted by Gasteiger charge is -2.33. The van der Waals surface area contributed by atoms with Crippen LogP contribution in [0.2, 0.25) is 5.02 Å². The molecule has 1 atom stereocenters. The molecule has 1 N–H and O–H groups in total. The van der Waals surface area contributed by atoms with E-state index >= 15 is 0 Å². The van der Waals surface area contributed by atoms with E-state index in [1.165, 1.54) is 12.0 Å². The maximum atomic E-state index is 13.6. The van der Waals surface area contributed by atoms with Crippen molar-refractivity contribution in [2.45, 2.75) is 45.8 Å². The fourth-order valence-corrected chi connectivity index (χ4v) is 4.52. The average Bonchev–Trinajstić information content (AvgIpc) is 2.77. The molecule has 0 saturated heterocycles. The predicted molar refractivity (Wildman–Crippen MR) is 135 cm³/mol. The first-order valence-electron chi connectivity index (χ1n) is 10.9. The van der Waals surface area contributed by atoms with Crippen molar-refractivity contribution < 1.29 is 22.7 Å². The van der Waals surface area contributed by atoms with Crippen LogP contribution in [0.15, 0.2) is 48.5 Å². The largest absolute Gasteiger partial charge is 0.497 e. The van der Waals surface area contributed by atoms with E-state index in [1.807, 2.05) is 13.8 Å². The minimum atomic E-state index is -3.80. The van der Waals surface area contributed by atoms with Gasteiger partial charge in [-0.15, -0.1) is 0 Å². The molecule has 0 spiro atoms. The van der Waals surface area contributed by atoms with E-state index in [0.717, 1.165) is 10.6 Å². The second-order valence-corrected chi connectivity index (χ2v) is 10.5. The number of anilines is 1. The monoisotopic (exact) mass is 509 g/mol. The third-order valence-corrected chi connectivity index (χ3v) is 6.66. The first kappa shape index (κ1) is 27.5. The number of nitrogens with one attached hydrogen (secondary N) is 1. The van der Waals surface area contributed by atoms with Crippen LogP contribution in [-0.2, 0) is 26.2 Å². The lowest BCUT2D eigenvalue weighted by atomic mass is 10.1. The quantitative estimate of drug-likeness (QED) is 0.500. The summed E-state index contributed by atoms with van der Waals surface area (Å²) in [5.74, 6) is -0.277. The first-order chi connectivity index (χ1) is 16.0. The van der Waals surface area contributed by atoms with Crippen LogP contribution in [0.25, 0.3) is 0 Å². The summed E-state index contributed by atoms with van der Waals surface area (Å²) >= 11 is 6.33. The van der Waals surface area contributed by atoms with Crippen molar-refractivity contribution in [1.82, 2.24) is 10.2 Å². The van der Waals surface area contributed by atoms with Crippen molar-refractivity contribution in [3.8, 4) is 5.75 Å². The summed E-state index contributed by atoms with van der Waals surface area (Å²) in [5.41, 5.74) is 0.970. The minimum absolute atomic E-state index is 0.0583. The van der Waals surface area contributed by atoms with E-state index in [1.54, 1.807) is 55.5 Å². The van der Waals surface area contributed by atoms with Crippen molar-refractivity contribution >= 4 is 39.1 Å². The van der Waals surface area contributed by atoms with Gasteiger partial charge < -0.3 is 15.0 Å². The standard InChI is InChI=1S/C24H32ClN3O5S/c1-6-22(24(30)26-17(2)3)27(15-18-9-7-8-10-21(18)25)23(29)16-28(34(5,31)32)19-11-13-20(33-4)14-12-19/h7-14,17,22H,6,15-16H2,1-5H3,(H,26,30)/t22-/m1/s1. The SMILES string of the molecule is CC[C@H](C(=O)NC(C)C)N(Cc1ccccc1Cl)C(=O)CN(c1ccc(OC)cc1)S(C)(=O)=O. The van der Waals surface area contributed by atoms with Gasteiger partial charge in [-0.25, -0.2) is 8.42 Å². The van der Waals surface area contributed by atoms with Gasteiger partial charge in [-0.05, 0) is 56.2 Å². The van der Waals surface area contributed by atoms with Gasteiger partial charge >= 0.3 is 0 Å². The molecular weight excluding hydrogens is 478 g/mol. The molecule has 2 aromatic rings. The van der Waals surface area contributed by atoms with Crippen molar-refractivity contribution in [2.75, 3.05) is 24.2 Å². The minimum Gasteiger partial charge on any atom is -0.497 e. The fourth-order valence-electron chi connectivity index (χ4n) is 3.47. The Morgan fingerprint density at radius 3 is 2.21 bits per heavy atom. The Bertz CT molecular complexity index is 1090. The maximum Gasteiger partial charge on any atom is 0.244 e. The van der Waals surface area contributed by atoms with Gasteiger partial charge in [0, 0.05) is 17.6 Å². The molecule has 34 heavy (non-hydrogen) atoms. The molecule has 0 radical (unpaired) electrons. The zero-order chi connectivity index (χ0) is 25.5. The van der Waals surface area contributed by atoms with E-state index < -0.39 is 28.5 Å². The highest BCUT2D eigenvalue weighted by molar-refractivity contribution is 7.92. The predicted octanol–water partition coefficient (Wildman–Crippen LogP) is 3.45. The highest BCUT2D eigenvalue weighted by atomic mass is 35.5. The van der Waals surface area contributed by atoms with E-state index in [4.69, 9.17) is 16.3 Å². The molecule has 10 heteroatoms. The summed E-state index contributed by atoms with van der Waals surface area (Å²) in [6, 6.07) is 12.5. The number of halogens is 1. The summed E-state index contributed by atoms with van der Waals surface area (Å²) in [7, 11) is -2.29. The molecular formula is C24H32ClN3O5S. The zero-order valence-corrected chi connectivity index (χ0v) is 21.7. The second-order valence-electron chi connectivity index (χ2n) is 8.17. The first-order valence-corrected chi connectivity index (χ1v) is 13.2. The van der Waals surface area contributed by atoms with Crippen LogP contribution in [-0.4, -0.2) is 57.1 Å². The van der Waals surface area contributed by atoms with Crippen molar-refractivity contribution in [1.29, 1.82) is 0 Å². The number of rotatable bonds is 11. The lowest BCUT2D eigenvalue weighted by Crippen LogP contribution is -2.53. The zero-order valence-electron chi connectivity index (χ0n) is 20.1. The van der Waals surface area contributed by atoms with Gasteiger partial charge in [0.2, 0.25) is 21.8 Å². The molecule has 0 unspecified atom stereocenters. The average molecular weight is 510 g/mol. The van der Waals surface area contributed by atoms with Crippen LogP contribution < -0.4 is 14.4 Å². The van der Waals surface area contributed by atoms with E-state index in [-0.39, 0.29) is 18.5 Å². The van der Waals surface area contributed by atoms with Crippen LogP contribution >= 0.6 is 11.6 Å². The Labute approximate surface area is 206 Å². The Morgan fingerprint density at radius 1 is 1.09 bits per heavy atom. The van der Waals surface area contributed by atoms with Gasteiger partial charge in [-0.3, -0.25) is 13.9 Å². The summed E-state index contributed by atoms with van der Waals surface area (Å²) in [4.78, 5) is 27.9. The van der Waals surface area contributed by atoms with Crippen LogP contribution in [0.5, 0.6) is 5.75 Å². The van der Waals surface area contributed by atoms with Crippen molar-refractivity contribution in [3.63, 3.8) is 0 Å². The molecule has 0 aliphatic heterocycles. The molecule has 0 heterocycles. The number of benzene rings is 2. The van der Waals surface area contributed by atoms with Crippen LogP contribution in [0, 0.1) is 0 Å². The number of hydrogen-bond donors (Lipinski definition) is 1. The molecule has 0 bridgehead atoms.